The Bertz CT molecular complexity index is 5280. The van der Waals surface area contributed by atoms with Gasteiger partial charge in [-0.2, -0.15) is 0 Å². The highest BCUT2D eigenvalue weighted by Gasteiger charge is 2.47. The van der Waals surface area contributed by atoms with E-state index in [0.717, 1.165) is 150 Å². The largest absolute Gasteiger partial charge is 0.309 e. The quantitative estimate of drug-likeness (QED) is 0.134. The summed E-state index contributed by atoms with van der Waals surface area (Å²) >= 11 is 0. The average molecular weight is 1140 g/mol. The van der Waals surface area contributed by atoms with E-state index in [1.165, 1.54) is 0 Å². The topological polar surface area (TPSA) is 16.3 Å². The lowest BCUT2D eigenvalue weighted by molar-refractivity contribution is 1.18. The van der Waals surface area contributed by atoms with Crippen molar-refractivity contribution in [3.8, 4) is 67.0 Å². The van der Waals surface area contributed by atoms with Crippen LogP contribution in [0.2, 0.25) is 0 Å². The predicted molar refractivity (Wildman–Crippen MR) is 376 cm³/mol. The molecule has 0 spiro atoms. The fourth-order valence-corrected chi connectivity index (χ4v) is 14.8. The van der Waals surface area contributed by atoms with Crippen LogP contribution in [0.4, 0.5) is 34.1 Å². The van der Waals surface area contributed by atoms with E-state index < -0.39 is 24.8 Å². The molecule has 16 aromatic rings. The Labute approximate surface area is 524 Å². The molecule has 14 aromatic carbocycles. The zero-order valence-electron chi connectivity index (χ0n) is 53.2. The molecule has 5 heteroatoms. The van der Waals surface area contributed by atoms with Crippen LogP contribution in [0, 0.1) is 0 Å². The van der Waals surface area contributed by atoms with Crippen LogP contribution in [0.1, 0.15) is 6.85 Å². The molecule has 0 unspecified atom stereocenters. The lowest BCUT2D eigenvalue weighted by atomic mass is 9.33. The first-order valence-electron chi connectivity index (χ1n) is 32.9. The zero-order chi connectivity index (χ0) is 62.9. The van der Waals surface area contributed by atoms with E-state index >= 15 is 0 Å². The minimum atomic E-state index is -0.462. The summed E-state index contributed by atoms with van der Waals surface area (Å²) in [5.41, 5.74) is 23.4. The van der Waals surface area contributed by atoms with Crippen molar-refractivity contribution in [1.82, 2.24) is 9.13 Å². The van der Waals surface area contributed by atoms with Gasteiger partial charge in [0, 0.05) is 66.5 Å². The molecule has 0 amide bonds. The second kappa shape index (κ2) is 20.5. The third kappa shape index (κ3) is 7.82. The molecule has 0 N–H and O–H groups in total. The van der Waals surface area contributed by atoms with Crippen molar-refractivity contribution in [3.63, 3.8) is 0 Å². The Kier molecular flexibility index (Phi) is 10.5. The van der Waals surface area contributed by atoms with Gasteiger partial charge in [-0.1, -0.05) is 273 Å². The molecule has 0 bridgehead atoms. The molecule has 4 heterocycles. The van der Waals surface area contributed by atoms with Gasteiger partial charge in [0.05, 0.1) is 51.7 Å². The van der Waals surface area contributed by atoms with Crippen LogP contribution in [-0.2, 0) is 0 Å². The molecule has 2 aliphatic rings. The van der Waals surface area contributed by atoms with E-state index in [2.05, 4.69) is 322 Å². The second-order valence-electron chi connectivity index (χ2n) is 23.1. The molecule has 0 radical (unpaired) electrons. The van der Waals surface area contributed by atoms with Gasteiger partial charge in [-0.3, -0.25) is 0 Å². The summed E-state index contributed by atoms with van der Waals surface area (Å²) in [6.45, 7) is -0.462. The number of benzene rings is 14. The number of aromatic nitrogens is 2. The normalized spacial score (nSPS) is 13.2. The minimum Gasteiger partial charge on any atom is -0.309 e. The summed E-state index contributed by atoms with van der Waals surface area (Å²) in [6.07, 6.45) is 0. The fraction of sp³-hybridized carbons (Fsp3) is 0. The van der Waals surface area contributed by atoms with Crippen molar-refractivity contribution in [3.05, 3.63) is 334 Å². The van der Waals surface area contributed by atoms with E-state index in [0.29, 0.717) is 5.56 Å². The van der Waals surface area contributed by atoms with Crippen LogP contribution >= 0.6 is 0 Å². The lowest BCUT2D eigenvalue weighted by Crippen LogP contribution is -2.61. The Hall–Kier alpha value is -11.7. The van der Waals surface area contributed by atoms with E-state index in [1.54, 1.807) is 0 Å². The van der Waals surface area contributed by atoms with Gasteiger partial charge in [0.25, 0.3) is 6.71 Å². The molecular weight excluding hydrogens is 1080 g/mol. The van der Waals surface area contributed by atoms with Crippen molar-refractivity contribution in [1.29, 1.82) is 0 Å². The highest BCUT2D eigenvalue weighted by Crippen LogP contribution is 2.57. The summed E-state index contributed by atoms with van der Waals surface area (Å²) in [4.78, 5) is 5.00. The Morgan fingerprint density at radius 3 is 1.00 bits per heavy atom. The molecule has 0 atom stereocenters. The molecule has 2 aromatic heterocycles. The van der Waals surface area contributed by atoms with Crippen LogP contribution in [0.15, 0.2) is 334 Å². The molecule has 0 saturated carbocycles. The van der Waals surface area contributed by atoms with Gasteiger partial charge in [-0.15, -0.1) is 0 Å². The number of fused-ring (bicyclic) bond motifs is 12. The third-order valence-electron chi connectivity index (χ3n) is 18.3. The summed E-state index contributed by atoms with van der Waals surface area (Å²) in [7, 11) is 0. The maximum absolute atomic E-state index is 10.0. The Morgan fingerprint density at radius 1 is 0.270 bits per heavy atom. The fourth-order valence-electron chi connectivity index (χ4n) is 14.8. The monoisotopic (exact) mass is 1140 g/mol. The van der Waals surface area contributed by atoms with E-state index in [9.17, 15) is 5.48 Å². The summed E-state index contributed by atoms with van der Waals surface area (Å²) in [5, 5.41) is 4.22. The molecule has 89 heavy (non-hydrogen) atoms. The second-order valence-corrected chi connectivity index (χ2v) is 23.1. The van der Waals surface area contributed by atoms with Crippen molar-refractivity contribution in [2.24, 2.45) is 0 Å². The molecule has 18 rings (SSSR count). The summed E-state index contributed by atoms with van der Waals surface area (Å²) in [6, 6.07) is 106. The number of para-hydroxylation sites is 6. The standard InChI is InChI=1S/C84H55BN4/c1-8-28-56(29-9-1)61-54-76-80-77(55-61)89(82-66(59-34-14-4-15-35-59)46-27-47-67(82)60-36-16-5-17-37-60)84-71(51-53-75-79(84)69-43-23-25-49-73(69)87(75)63-40-20-7-21-41-63)85(80)70-50-52-74-78(68-42-22-24-48-72(68)86(74)62-38-18-6-19-39-62)83(70)88(76)81-64(57-30-10-2-11-31-57)44-26-45-65(81)58-32-12-3-13-33-58/h1-55H/i1D,8D,9D,28D,29D. The van der Waals surface area contributed by atoms with Crippen molar-refractivity contribution >= 4 is 101 Å². The molecular formula is C84H55BN4. The predicted octanol–water partition coefficient (Wildman–Crippen LogP) is 20.3. The first-order valence-corrected chi connectivity index (χ1v) is 30.4. The smallest absolute Gasteiger partial charge is 0.252 e. The van der Waals surface area contributed by atoms with Gasteiger partial charge in [0.2, 0.25) is 0 Å². The number of anilines is 6. The average Bonchev–Trinajstić information content (AvgIpc) is 1.15. The molecule has 4 nitrogen and oxygen atoms in total. The van der Waals surface area contributed by atoms with E-state index in [4.69, 9.17) is 1.37 Å². The molecule has 414 valence electrons. The van der Waals surface area contributed by atoms with Gasteiger partial charge >= 0.3 is 0 Å². The summed E-state index contributed by atoms with van der Waals surface area (Å²) < 4.78 is 52.6. The Balaban J connectivity index is 1.11. The number of nitrogens with zero attached hydrogens (tertiary/aromatic N) is 4. The molecule has 2 aliphatic heterocycles. The van der Waals surface area contributed by atoms with Gasteiger partial charge in [-0.25, -0.2) is 0 Å². The number of hydrogen-bond acceptors (Lipinski definition) is 2. The maximum Gasteiger partial charge on any atom is 0.252 e. The number of rotatable bonds is 9. The SMILES string of the molecule is [2H]c1c([2H])c([2H])c(-c2cc3c4c(c2)N(c2c(-c5ccccc5)cccc2-c2ccccc2)c2c(ccc5c2c2ccccc2n5-c2ccccc2)B4c2ccc4c(c2N3c2c(-c3ccccc3)cccc2-c2ccccc2)c2ccccc2n4-c2ccccc2)c([2H])c1[2H]. The Morgan fingerprint density at radius 2 is 0.618 bits per heavy atom. The lowest BCUT2D eigenvalue weighted by Gasteiger charge is -2.46. The minimum absolute atomic E-state index is 0.107. The van der Waals surface area contributed by atoms with Gasteiger partial charge in [0.1, 0.15) is 0 Å². The summed E-state index contributed by atoms with van der Waals surface area (Å²) in [5.74, 6) is 0. The van der Waals surface area contributed by atoms with Crippen LogP contribution in [-0.4, -0.2) is 15.8 Å². The number of hydrogen-bond donors (Lipinski definition) is 0. The van der Waals surface area contributed by atoms with Crippen molar-refractivity contribution < 1.29 is 6.85 Å². The third-order valence-corrected chi connectivity index (χ3v) is 18.3. The van der Waals surface area contributed by atoms with E-state index in [1.807, 2.05) is 0 Å². The zero-order valence-corrected chi connectivity index (χ0v) is 48.2. The van der Waals surface area contributed by atoms with Crippen LogP contribution in [0.25, 0.3) is 111 Å². The van der Waals surface area contributed by atoms with Gasteiger partial charge in [0.15, 0.2) is 0 Å². The van der Waals surface area contributed by atoms with Crippen LogP contribution < -0.4 is 26.2 Å². The van der Waals surface area contributed by atoms with Gasteiger partial charge in [-0.05, 0) is 110 Å². The highest BCUT2D eigenvalue weighted by atomic mass is 15.2. The van der Waals surface area contributed by atoms with Crippen molar-refractivity contribution in [2.75, 3.05) is 9.80 Å². The maximum atomic E-state index is 10.0. The van der Waals surface area contributed by atoms with E-state index in [-0.39, 0.29) is 17.6 Å². The van der Waals surface area contributed by atoms with Crippen LogP contribution in [0.5, 0.6) is 0 Å². The first-order chi connectivity index (χ1) is 46.3. The molecule has 0 aliphatic carbocycles. The van der Waals surface area contributed by atoms with Gasteiger partial charge < -0.3 is 18.9 Å². The molecule has 0 saturated heterocycles. The highest BCUT2D eigenvalue weighted by molar-refractivity contribution is 7.01. The van der Waals surface area contributed by atoms with Crippen LogP contribution in [0.3, 0.4) is 0 Å². The first kappa shape index (κ1) is 45.7. The molecule has 0 fully saturated rings. The van der Waals surface area contributed by atoms with Crippen molar-refractivity contribution in [2.45, 2.75) is 0 Å².